The van der Waals surface area contributed by atoms with Crippen LogP contribution < -0.4 is 5.32 Å². The predicted octanol–water partition coefficient (Wildman–Crippen LogP) is 1.75. The molecule has 0 aliphatic carbocycles. The fourth-order valence-electron chi connectivity index (χ4n) is 1.81. The summed E-state index contributed by atoms with van der Waals surface area (Å²) in [7, 11) is 0. The summed E-state index contributed by atoms with van der Waals surface area (Å²) in [4.78, 5) is 22.5. The molecule has 0 radical (unpaired) electrons. The number of nitrogens with one attached hydrogen (secondary N) is 1. The highest BCUT2D eigenvalue weighted by molar-refractivity contribution is 7.99. The van der Waals surface area contributed by atoms with Crippen LogP contribution in [0.1, 0.15) is 22.8 Å². The van der Waals surface area contributed by atoms with Gasteiger partial charge in [-0.1, -0.05) is 6.07 Å². The molecule has 0 spiro atoms. The van der Waals surface area contributed by atoms with E-state index in [0.29, 0.717) is 0 Å². The molecular weight excluding hydrogens is 280 g/mol. The molecule has 0 heterocycles. The molecule has 1 aromatic rings. The number of nitro benzene ring substituents is 1. The van der Waals surface area contributed by atoms with Crippen LogP contribution in [0.2, 0.25) is 0 Å². The quantitative estimate of drug-likeness (QED) is 0.616. The summed E-state index contributed by atoms with van der Waals surface area (Å²) in [5.74, 6) is -0.500. The summed E-state index contributed by atoms with van der Waals surface area (Å²) < 4.78 is 0. The van der Waals surface area contributed by atoms with Gasteiger partial charge in [-0.3, -0.25) is 14.9 Å². The number of amides is 1. The second kappa shape index (κ2) is 7.25. The zero-order chi connectivity index (χ0) is 15.3. The van der Waals surface area contributed by atoms with Crippen LogP contribution in [0.4, 0.5) is 5.69 Å². The molecule has 0 saturated carbocycles. The lowest BCUT2D eigenvalue weighted by Crippen LogP contribution is -2.41. The molecule has 0 bridgehead atoms. The minimum Gasteiger partial charge on any atom is -0.395 e. The van der Waals surface area contributed by atoms with E-state index in [1.54, 1.807) is 19.9 Å². The Balaban J connectivity index is 2.97. The molecule has 1 amide bonds. The normalized spacial score (nSPS) is 13.6. The van der Waals surface area contributed by atoms with Crippen LogP contribution in [0.15, 0.2) is 18.2 Å². The maximum Gasteiger partial charge on any atom is 0.282 e. The van der Waals surface area contributed by atoms with E-state index < -0.39 is 10.8 Å². The number of nitro groups is 1. The van der Waals surface area contributed by atoms with Crippen molar-refractivity contribution >= 4 is 23.4 Å². The highest BCUT2D eigenvalue weighted by atomic mass is 32.2. The molecule has 2 unspecified atom stereocenters. The molecule has 1 aromatic carbocycles. The molecule has 0 aliphatic heterocycles. The lowest BCUT2D eigenvalue weighted by molar-refractivity contribution is -0.385. The number of nitrogens with zero attached hydrogens (tertiary/aromatic N) is 1. The molecule has 0 fully saturated rings. The third-order valence-electron chi connectivity index (χ3n) is 2.99. The van der Waals surface area contributed by atoms with E-state index >= 15 is 0 Å². The van der Waals surface area contributed by atoms with E-state index in [9.17, 15) is 20.0 Å². The van der Waals surface area contributed by atoms with Crippen molar-refractivity contribution in [3.8, 4) is 0 Å². The maximum absolute atomic E-state index is 12.2. The van der Waals surface area contributed by atoms with Gasteiger partial charge in [0.25, 0.3) is 11.6 Å². The van der Waals surface area contributed by atoms with Crippen LogP contribution in [0, 0.1) is 17.0 Å². The van der Waals surface area contributed by atoms with Crippen LogP contribution in [-0.2, 0) is 0 Å². The Morgan fingerprint density at radius 2 is 2.20 bits per heavy atom. The van der Waals surface area contributed by atoms with Gasteiger partial charge in [0.15, 0.2) is 0 Å². The number of aryl methyl sites for hydroxylation is 1. The van der Waals surface area contributed by atoms with Gasteiger partial charge < -0.3 is 10.4 Å². The highest BCUT2D eigenvalue weighted by Crippen LogP contribution is 2.20. The van der Waals surface area contributed by atoms with Crippen LogP contribution in [0.25, 0.3) is 0 Å². The van der Waals surface area contributed by atoms with Gasteiger partial charge in [-0.05, 0) is 31.7 Å². The summed E-state index contributed by atoms with van der Waals surface area (Å²) in [5.41, 5.74) is 0.599. The molecule has 110 valence electrons. The minimum absolute atomic E-state index is 0.0413. The molecule has 1 rings (SSSR count). The molecule has 7 heteroatoms. The second-order valence-corrected chi connectivity index (χ2v) is 5.57. The van der Waals surface area contributed by atoms with Gasteiger partial charge in [0, 0.05) is 17.4 Å². The third-order valence-corrected chi connectivity index (χ3v) is 4.16. The van der Waals surface area contributed by atoms with E-state index in [1.165, 1.54) is 23.9 Å². The van der Waals surface area contributed by atoms with Crippen molar-refractivity contribution in [2.75, 3.05) is 12.9 Å². The monoisotopic (exact) mass is 298 g/mol. The summed E-state index contributed by atoms with van der Waals surface area (Å²) in [5, 5.41) is 22.7. The van der Waals surface area contributed by atoms with E-state index in [4.69, 9.17) is 0 Å². The largest absolute Gasteiger partial charge is 0.395 e. The Kier molecular flexibility index (Phi) is 5.97. The van der Waals surface area contributed by atoms with Crippen molar-refractivity contribution in [3.63, 3.8) is 0 Å². The summed E-state index contributed by atoms with van der Waals surface area (Å²) in [6, 6.07) is 4.12. The van der Waals surface area contributed by atoms with Crippen molar-refractivity contribution in [1.29, 1.82) is 0 Å². The van der Waals surface area contributed by atoms with Gasteiger partial charge in [0.1, 0.15) is 5.56 Å². The zero-order valence-corrected chi connectivity index (χ0v) is 12.4. The number of aliphatic hydroxyl groups is 1. The summed E-state index contributed by atoms with van der Waals surface area (Å²) >= 11 is 1.43. The summed E-state index contributed by atoms with van der Waals surface area (Å²) in [6.07, 6.45) is 1.83. The molecule has 6 nitrogen and oxygen atoms in total. The van der Waals surface area contributed by atoms with E-state index in [-0.39, 0.29) is 29.1 Å². The van der Waals surface area contributed by atoms with Gasteiger partial charge in [-0.25, -0.2) is 0 Å². The van der Waals surface area contributed by atoms with Gasteiger partial charge in [0.2, 0.25) is 0 Å². The van der Waals surface area contributed by atoms with Crippen LogP contribution in [0.5, 0.6) is 0 Å². The maximum atomic E-state index is 12.2. The first-order chi connectivity index (χ1) is 9.40. The number of hydrogen-bond acceptors (Lipinski definition) is 5. The first-order valence-corrected chi connectivity index (χ1v) is 7.39. The van der Waals surface area contributed by atoms with E-state index in [2.05, 4.69) is 5.32 Å². The number of hydrogen-bond donors (Lipinski definition) is 2. The molecular formula is C13H18N2O4S. The fourth-order valence-corrected chi connectivity index (χ4v) is 2.43. The second-order valence-electron chi connectivity index (χ2n) is 4.50. The van der Waals surface area contributed by atoms with Crippen LogP contribution >= 0.6 is 11.8 Å². The number of rotatable bonds is 6. The Bertz CT molecular complexity index is 503. The molecule has 2 N–H and O–H groups in total. The first kappa shape index (κ1) is 16.5. The van der Waals surface area contributed by atoms with Gasteiger partial charge in [-0.15, -0.1) is 0 Å². The zero-order valence-electron chi connectivity index (χ0n) is 11.6. The number of carbonyl (C=O) groups excluding carboxylic acids is 1. The SMILES string of the molecule is CSC(CO)C(C)NC(=O)c1cc(C)ccc1[N+](=O)[O-]. The fraction of sp³-hybridized carbons (Fsp3) is 0.462. The third kappa shape index (κ3) is 3.94. The molecule has 20 heavy (non-hydrogen) atoms. The Morgan fingerprint density at radius 1 is 1.55 bits per heavy atom. The highest BCUT2D eigenvalue weighted by Gasteiger charge is 2.23. The number of aliphatic hydroxyl groups excluding tert-OH is 1. The minimum atomic E-state index is -0.572. The average Bonchev–Trinajstić information content (AvgIpc) is 2.39. The smallest absolute Gasteiger partial charge is 0.282 e. The standard InChI is InChI=1S/C13H18N2O4S/c1-8-4-5-11(15(18)19)10(6-8)13(17)14-9(2)12(7-16)20-3/h4-6,9,12,16H,7H2,1-3H3,(H,14,17). The molecule has 0 saturated heterocycles. The predicted molar refractivity (Wildman–Crippen MR) is 79.2 cm³/mol. The summed E-state index contributed by atoms with van der Waals surface area (Å²) in [6.45, 7) is 3.46. The van der Waals surface area contributed by atoms with Crippen molar-refractivity contribution in [3.05, 3.63) is 39.4 Å². The van der Waals surface area contributed by atoms with Crippen molar-refractivity contribution in [1.82, 2.24) is 5.32 Å². The van der Waals surface area contributed by atoms with Crippen LogP contribution in [0.3, 0.4) is 0 Å². The lowest BCUT2D eigenvalue weighted by atomic mass is 10.1. The van der Waals surface area contributed by atoms with E-state index in [1.807, 2.05) is 6.26 Å². The molecule has 0 aliphatic rings. The number of benzene rings is 1. The van der Waals surface area contributed by atoms with Crippen molar-refractivity contribution in [2.45, 2.75) is 25.1 Å². The first-order valence-electron chi connectivity index (χ1n) is 6.10. The lowest BCUT2D eigenvalue weighted by Gasteiger charge is -2.21. The molecule has 0 aromatic heterocycles. The Morgan fingerprint density at radius 3 is 2.70 bits per heavy atom. The van der Waals surface area contributed by atoms with Crippen molar-refractivity contribution < 1.29 is 14.8 Å². The van der Waals surface area contributed by atoms with Crippen LogP contribution in [-0.4, -0.2) is 40.1 Å². The van der Waals surface area contributed by atoms with Gasteiger partial charge >= 0.3 is 0 Å². The van der Waals surface area contributed by atoms with E-state index in [0.717, 1.165) is 5.56 Å². The van der Waals surface area contributed by atoms with Gasteiger partial charge in [0.05, 0.1) is 11.5 Å². The Hall–Kier alpha value is -1.60. The topological polar surface area (TPSA) is 92.5 Å². The van der Waals surface area contributed by atoms with Gasteiger partial charge in [-0.2, -0.15) is 11.8 Å². The molecule has 2 atom stereocenters. The average molecular weight is 298 g/mol. The Labute approximate surface area is 121 Å². The van der Waals surface area contributed by atoms with Crippen molar-refractivity contribution in [2.24, 2.45) is 0 Å². The number of thioether (sulfide) groups is 1. The number of carbonyl (C=O) groups is 1.